The molecular formula is C20H23FN4O3. The van der Waals surface area contributed by atoms with E-state index < -0.39 is 17.3 Å². The maximum absolute atomic E-state index is 14.3. The van der Waals surface area contributed by atoms with Gasteiger partial charge >= 0.3 is 0 Å². The molecule has 0 saturated heterocycles. The van der Waals surface area contributed by atoms with Crippen molar-refractivity contribution >= 4 is 23.1 Å². The smallest absolute Gasteiger partial charge is 0.256 e. The molecule has 0 saturated carbocycles. The minimum atomic E-state index is -0.831. The average Bonchev–Trinajstić information content (AvgIpc) is 2.64. The summed E-state index contributed by atoms with van der Waals surface area (Å²) in [6.45, 7) is 5.21. The molecule has 2 rings (SSSR count). The molecule has 0 aliphatic rings. The van der Waals surface area contributed by atoms with Crippen molar-refractivity contribution in [2.24, 2.45) is 17.8 Å². The molecule has 0 bridgehead atoms. The molecule has 8 heteroatoms. The fraction of sp³-hybridized carbons (Fsp3) is 0.250. The van der Waals surface area contributed by atoms with Crippen LogP contribution in [0, 0.1) is 12.7 Å². The number of primary amides is 1. The lowest BCUT2D eigenvalue weighted by atomic mass is 10.1. The molecule has 2 aromatic rings. The number of pyridine rings is 1. The van der Waals surface area contributed by atoms with E-state index in [9.17, 15) is 14.0 Å². The molecule has 7 nitrogen and oxygen atoms in total. The van der Waals surface area contributed by atoms with Crippen LogP contribution < -0.4 is 21.3 Å². The standard InChI is InChI=1S/C20H23FN4O3/c1-6-15(12(3)23-4)28-16-10-17(26)25(5)20(18(16)19(22)27)24-14-8-7-11(2)9-13(14)21/h6-10,24H,1-5H3,(H2,22,27)/b15-6+,23-12?. The molecule has 0 atom stereocenters. The van der Waals surface area contributed by atoms with Gasteiger partial charge in [-0.3, -0.25) is 19.1 Å². The second-order valence-electron chi connectivity index (χ2n) is 6.17. The number of nitrogens with zero attached hydrogens (tertiary/aromatic N) is 2. The highest BCUT2D eigenvalue weighted by molar-refractivity contribution is 6.02. The Kier molecular flexibility index (Phi) is 6.35. The number of anilines is 2. The number of halogens is 1. The van der Waals surface area contributed by atoms with Gasteiger partial charge in [-0.1, -0.05) is 6.07 Å². The van der Waals surface area contributed by atoms with Gasteiger partial charge < -0.3 is 15.8 Å². The number of carbonyl (C=O) groups excluding carboxylic acids is 1. The number of hydrogen-bond acceptors (Lipinski definition) is 5. The third kappa shape index (κ3) is 4.28. The number of aliphatic imine (C=N–C) groups is 1. The highest BCUT2D eigenvalue weighted by Gasteiger charge is 2.22. The van der Waals surface area contributed by atoms with E-state index >= 15 is 0 Å². The number of carbonyl (C=O) groups is 1. The average molecular weight is 386 g/mol. The van der Waals surface area contributed by atoms with Gasteiger partial charge in [-0.25, -0.2) is 4.39 Å². The number of nitrogens with one attached hydrogen (secondary N) is 1. The first kappa shape index (κ1) is 20.9. The molecule has 1 heterocycles. The number of rotatable bonds is 6. The van der Waals surface area contributed by atoms with Crippen LogP contribution >= 0.6 is 0 Å². The molecule has 1 amide bonds. The monoisotopic (exact) mass is 386 g/mol. The second-order valence-corrected chi connectivity index (χ2v) is 6.17. The summed E-state index contributed by atoms with van der Waals surface area (Å²) in [5.74, 6) is -1.01. The fourth-order valence-electron chi connectivity index (χ4n) is 2.56. The summed E-state index contributed by atoms with van der Waals surface area (Å²) in [4.78, 5) is 28.6. The van der Waals surface area contributed by atoms with Crippen LogP contribution in [0.1, 0.15) is 29.8 Å². The first-order chi connectivity index (χ1) is 13.2. The van der Waals surface area contributed by atoms with E-state index in [4.69, 9.17) is 10.5 Å². The van der Waals surface area contributed by atoms with Crippen LogP contribution in [-0.4, -0.2) is 23.2 Å². The molecule has 1 aromatic heterocycles. The van der Waals surface area contributed by atoms with E-state index in [0.29, 0.717) is 11.5 Å². The van der Waals surface area contributed by atoms with Crippen molar-refractivity contribution < 1.29 is 13.9 Å². The van der Waals surface area contributed by atoms with Gasteiger partial charge in [0, 0.05) is 20.2 Å². The van der Waals surface area contributed by atoms with Crippen LogP contribution in [0.25, 0.3) is 0 Å². The Balaban J connectivity index is 2.66. The second kappa shape index (κ2) is 8.51. The van der Waals surface area contributed by atoms with Crippen LogP contribution in [0.5, 0.6) is 5.75 Å². The first-order valence-electron chi connectivity index (χ1n) is 8.54. The minimum absolute atomic E-state index is 0.0271. The van der Waals surface area contributed by atoms with Crippen molar-refractivity contribution in [3.05, 3.63) is 63.4 Å². The van der Waals surface area contributed by atoms with Gasteiger partial charge in [0.2, 0.25) is 0 Å². The number of hydrogen-bond donors (Lipinski definition) is 2. The highest BCUT2D eigenvalue weighted by atomic mass is 19.1. The van der Waals surface area contributed by atoms with Crippen molar-refractivity contribution in [1.29, 1.82) is 0 Å². The first-order valence-corrected chi connectivity index (χ1v) is 8.54. The molecule has 3 N–H and O–H groups in total. The number of aromatic nitrogens is 1. The summed E-state index contributed by atoms with van der Waals surface area (Å²) in [6.07, 6.45) is 1.65. The van der Waals surface area contributed by atoms with E-state index in [1.165, 1.54) is 23.7 Å². The molecule has 148 valence electrons. The molecule has 0 aliphatic carbocycles. The molecule has 0 unspecified atom stereocenters. The van der Waals surface area contributed by atoms with E-state index in [2.05, 4.69) is 10.3 Å². The summed E-state index contributed by atoms with van der Waals surface area (Å²) in [7, 11) is 3.04. The largest absolute Gasteiger partial charge is 0.455 e. The van der Waals surface area contributed by atoms with Crippen LogP contribution in [0.15, 0.2) is 45.9 Å². The minimum Gasteiger partial charge on any atom is -0.455 e. The Bertz CT molecular complexity index is 1040. The summed E-state index contributed by atoms with van der Waals surface area (Å²) in [5.41, 5.74) is 6.41. The van der Waals surface area contributed by atoms with Gasteiger partial charge in [-0.05, 0) is 44.5 Å². The normalized spacial score (nSPS) is 12.1. The Morgan fingerprint density at radius 3 is 2.57 bits per heavy atom. The van der Waals surface area contributed by atoms with Crippen LogP contribution in [-0.2, 0) is 7.05 Å². The molecular weight excluding hydrogens is 363 g/mol. The third-order valence-electron chi connectivity index (χ3n) is 4.20. The molecule has 0 spiro atoms. The number of allylic oxidation sites excluding steroid dienone is 2. The predicted molar refractivity (Wildman–Crippen MR) is 108 cm³/mol. The number of aryl methyl sites for hydroxylation is 1. The van der Waals surface area contributed by atoms with Crippen molar-refractivity contribution in [1.82, 2.24) is 4.57 Å². The van der Waals surface area contributed by atoms with Gasteiger partial charge in [0.1, 0.15) is 28.7 Å². The quantitative estimate of drug-likeness (QED) is 0.589. The molecule has 0 radical (unpaired) electrons. The lowest BCUT2D eigenvalue weighted by Crippen LogP contribution is -2.26. The summed E-state index contributed by atoms with van der Waals surface area (Å²) >= 11 is 0. The van der Waals surface area contributed by atoms with E-state index in [1.54, 1.807) is 40.0 Å². The van der Waals surface area contributed by atoms with Gasteiger partial charge in [0.15, 0.2) is 0 Å². The lowest BCUT2D eigenvalue weighted by molar-refractivity contribution is 0.0998. The van der Waals surface area contributed by atoms with E-state index in [-0.39, 0.29) is 22.8 Å². The molecule has 0 fully saturated rings. The zero-order chi connectivity index (χ0) is 21.0. The van der Waals surface area contributed by atoms with Gasteiger partial charge in [-0.2, -0.15) is 0 Å². The zero-order valence-electron chi connectivity index (χ0n) is 16.5. The number of ether oxygens (including phenoxy) is 1. The van der Waals surface area contributed by atoms with Crippen LogP contribution in [0.3, 0.4) is 0 Å². The van der Waals surface area contributed by atoms with Gasteiger partial charge in [-0.15, -0.1) is 0 Å². The Morgan fingerprint density at radius 1 is 1.36 bits per heavy atom. The fourth-order valence-corrected chi connectivity index (χ4v) is 2.56. The SMILES string of the molecule is C/C=C(/Oc1cc(=O)n(C)c(Nc2ccc(C)cc2F)c1C(N)=O)C(C)=NC. The maximum atomic E-state index is 14.3. The molecule has 0 aliphatic heterocycles. The zero-order valence-corrected chi connectivity index (χ0v) is 16.5. The van der Waals surface area contributed by atoms with Crippen molar-refractivity contribution in [2.75, 3.05) is 12.4 Å². The van der Waals surface area contributed by atoms with Crippen molar-refractivity contribution in [3.63, 3.8) is 0 Å². The highest BCUT2D eigenvalue weighted by Crippen LogP contribution is 2.29. The molecule has 28 heavy (non-hydrogen) atoms. The van der Waals surface area contributed by atoms with Crippen molar-refractivity contribution in [3.8, 4) is 5.75 Å². The number of amides is 1. The van der Waals surface area contributed by atoms with Gasteiger partial charge in [0.25, 0.3) is 11.5 Å². The van der Waals surface area contributed by atoms with E-state index in [1.807, 2.05) is 0 Å². The Morgan fingerprint density at radius 2 is 2.04 bits per heavy atom. The van der Waals surface area contributed by atoms with Crippen LogP contribution in [0.2, 0.25) is 0 Å². The number of nitrogens with two attached hydrogens (primary N) is 1. The number of benzene rings is 1. The molecule has 1 aromatic carbocycles. The predicted octanol–water partition coefficient (Wildman–Crippen LogP) is 3.05. The summed E-state index contributed by atoms with van der Waals surface area (Å²) in [6, 6.07) is 5.71. The Hall–Kier alpha value is -3.42. The maximum Gasteiger partial charge on any atom is 0.256 e. The Labute approximate surface area is 162 Å². The van der Waals surface area contributed by atoms with Crippen molar-refractivity contribution in [2.45, 2.75) is 20.8 Å². The summed E-state index contributed by atoms with van der Waals surface area (Å²) < 4.78 is 21.2. The lowest BCUT2D eigenvalue weighted by Gasteiger charge is -2.19. The summed E-state index contributed by atoms with van der Waals surface area (Å²) in [5, 5.41) is 2.79. The topological polar surface area (TPSA) is 98.7 Å². The van der Waals surface area contributed by atoms with Gasteiger partial charge in [0.05, 0.1) is 11.4 Å². The van der Waals surface area contributed by atoms with E-state index in [0.717, 1.165) is 11.6 Å². The third-order valence-corrected chi connectivity index (χ3v) is 4.20. The van der Waals surface area contributed by atoms with Crippen LogP contribution in [0.4, 0.5) is 15.9 Å².